The van der Waals surface area contributed by atoms with E-state index < -0.39 is 0 Å². The number of benzene rings is 2. The molecule has 1 saturated heterocycles. The molecule has 2 aliphatic rings. The van der Waals surface area contributed by atoms with Gasteiger partial charge in [0.05, 0.1) is 16.9 Å². The number of rotatable bonds is 1. The molecule has 4 heteroatoms. The summed E-state index contributed by atoms with van der Waals surface area (Å²) in [5, 5.41) is 1.33. The molecule has 0 saturated carbocycles. The molecule has 2 aromatic carbocycles. The van der Waals surface area contributed by atoms with Crippen LogP contribution >= 0.6 is 24.8 Å². The number of fused-ring (bicyclic) bond motifs is 4. The highest BCUT2D eigenvalue weighted by molar-refractivity contribution is 5.97. The van der Waals surface area contributed by atoms with Gasteiger partial charge in [0.2, 0.25) is 0 Å². The Bertz CT molecular complexity index is 917. The Balaban J connectivity index is 0.000000980. The van der Waals surface area contributed by atoms with E-state index in [1.807, 2.05) is 0 Å². The van der Waals surface area contributed by atoms with Crippen molar-refractivity contribution in [2.24, 2.45) is 0 Å². The zero-order chi connectivity index (χ0) is 15.9. The molecule has 1 aromatic heterocycles. The Labute approximate surface area is 167 Å². The number of para-hydroxylation sites is 1. The quantitative estimate of drug-likeness (QED) is 0.522. The Morgan fingerprint density at radius 2 is 1.50 bits per heavy atom. The van der Waals surface area contributed by atoms with Crippen LogP contribution in [0.2, 0.25) is 0 Å². The lowest BCUT2D eigenvalue weighted by Crippen LogP contribution is -2.31. The molecule has 2 nitrogen and oxygen atoms in total. The SMILES string of the molecule is Cl.Cl.c1ccc2c(c1)CCc1c-2nc2ccccc2c1N1CCCCC1. The van der Waals surface area contributed by atoms with Crippen LogP contribution in [0, 0.1) is 0 Å². The van der Waals surface area contributed by atoms with Gasteiger partial charge in [-0.25, -0.2) is 4.98 Å². The summed E-state index contributed by atoms with van der Waals surface area (Å²) in [6.45, 7) is 2.37. The fourth-order valence-electron chi connectivity index (χ4n) is 4.40. The molecule has 0 atom stereocenters. The smallest absolute Gasteiger partial charge is 0.0765 e. The van der Waals surface area contributed by atoms with Gasteiger partial charge in [-0.05, 0) is 43.7 Å². The highest BCUT2D eigenvalue weighted by atomic mass is 35.5. The first-order valence-corrected chi connectivity index (χ1v) is 9.17. The maximum absolute atomic E-state index is 5.09. The zero-order valence-corrected chi connectivity index (χ0v) is 16.4. The van der Waals surface area contributed by atoms with Crippen LogP contribution in [-0.2, 0) is 12.8 Å². The minimum Gasteiger partial charge on any atom is -0.371 e. The fourth-order valence-corrected chi connectivity index (χ4v) is 4.40. The molecular formula is C22H24Cl2N2. The maximum Gasteiger partial charge on any atom is 0.0765 e. The minimum atomic E-state index is 0. The number of aryl methyl sites for hydroxylation is 1. The van der Waals surface area contributed by atoms with Crippen LogP contribution < -0.4 is 4.90 Å². The summed E-state index contributed by atoms with van der Waals surface area (Å²) in [4.78, 5) is 7.71. The maximum atomic E-state index is 5.09. The summed E-state index contributed by atoms with van der Waals surface area (Å²) in [6.07, 6.45) is 6.22. The van der Waals surface area contributed by atoms with E-state index in [4.69, 9.17) is 4.98 Å². The third-order valence-electron chi connectivity index (χ3n) is 5.55. The molecule has 5 rings (SSSR count). The molecule has 3 aromatic rings. The minimum absolute atomic E-state index is 0. The predicted molar refractivity (Wildman–Crippen MR) is 115 cm³/mol. The van der Waals surface area contributed by atoms with Crippen LogP contribution in [-0.4, -0.2) is 18.1 Å². The van der Waals surface area contributed by atoms with Gasteiger partial charge < -0.3 is 4.90 Å². The fraction of sp³-hybridized carbons (Fsp3) is 0.318. The number of anilines is 1. The highest BCUT2D eigenvalue weighted by Crippen LogP contribution is 2.41. The largest absolute Gasteiger partial charge is 0.371 e. The van der Waals surface area contributed by atoms with E-state index in [0.29, 0.717) is 0 Å². The Hall–Kier alpha value is -1.77. The summed E-state index contributed by atoms with van der Waals surface area (Å²) >= 11 is 0. The van der Waals surface area contributed by atoms with Gasteiger partial charge in [0, 0.05) is 29.6 Å². The van der Waals surface area contributed by atoms with Crippen LogP contribution in [0.15, 0.2) is 48.5 Å². The summed E-state index contributed by atoms with van der Waals surface area (Å²) < 4.78 is 0. The van der Waals surface area contributed by atoms with Gasteiger partial charge in [-0.15, -0.1) is 24.8 Å². The monoisotopic (exact) mass is 386 g/mol. The van der Waals surface area contributed by atoms with Gasteiger partial charge in [0.25, 0.3) is 0 Å². The van der Waals surface area contributed by atoms with Crippen molar-refractivity contribution in [3.63, 3.8) is 0 Å². The van der Waals surface area contributed by atoms with E-state index in [2.05, 4.69) is 53.4 Å². The summed E-state index contributed by atoms with van der Waals surface area (Å²) in [5.41, 5.74) is 8.06. The van der Waals surface area contributed by atoms with E-state index >= 15 is 0 Å². The van der Waals surface area contributed by atoms with Crippen LogP contribution in [0.25, 0.3) is 22.2 Å². The van der Waals surface area contributed by atoms with Crippen molar-refractivity contribution in [2.75, 3.05) is 18.0 Å². The number of nitrogens with zero attached hydrogens (tertiary/aromatic N) is 2. The van der Waals surface area contributed by atoms with Gasteiger partial charge in [0.1, 0.15) is 0 Å². The van der Waals surface area contributed by atoms with Crippen molar-refractivity contribution < 1.29 is 0 Å². The zero-order valence-electron chi connectivity index (χ0n) is 14.8. The lowest BCUT2D eigenvalue weighted by molar-refractivity contribution is 0.577. The molecule has 0 bridgehead atoms. The van der Waals surface area contributed by atoms with Crippen LogP contribution in [0.3, 0.4) is 0 Å². The Kier molecular flexibility index (Phi) is 5.74. The van der Waals surface area contributed by atoms with E-state index in [9.17, 15) is 0 Å². The first-order chi connectivity index (χ1) is 11.9. The molecule has 0 spiro atoms. The number of halogens is 2. The molecule has 1 aliphatic heterocycles. The normalized spacial score (nSPS) is 15.5. The molecule has 0 unspecified atom stereocenters. The second kappa shape index (κ2) is 7.85. The van der Waals surface area contributed by atoms with E-state index in [0.717, 1.165) is 18.4 Å². The van der Waals surface area contributed by atoms with Gasteiger partial charge in [-0.3, -0.25) is 0 Å². The lowest BCUT2D eigenvalue weighted by Gasteiger charge is -2.34. The van der Waals surface area contributed by atoms with Crippen LogP contribution in [0.1, 0.15) is 30.4 Å². The lowest BCUT2D eigenvalue weighted by atomic mass is 9.86. The summed E-state index contributed by atoms with van der Waals surface area (Å²) in [5.74, 6) is 0. The molecule has 1 aliphatic carbocycles. The summed E-state index contributed by atoms with van der Waals surface area (Å²) in [7, 11) is 0. The van der Waals surface area contributed by atoms with Crippen LogP contribution in [0.5, 0.6) is 0 Å². The van der Waals surface area contributed by atoms with Crippen LogP contribution in [0.4, 0.5) is 5.69 Å². The van der Waals surface area contributed by atoms with Crippen molar-refractivity contribution in [2.45, 2.75) is 32.1 Å². The van der Waals surface area contributed by atoms with Gasteiger partial charge in [-0.2, -0.15) is 0 Å². The van der Waals surface area contributed by atoms with Gasteiger partial charge in [-0.1, -0.05) is 42.5 Å². The predicted octanol–water partition coefficient (Wildman–Crippen LogP) is 5.83. The second-order valence-corrected chi connectivity index (χ2v) is 7.01. The number of hydrogen-bond donors (Lipinski definition) is 0. The third-order valence-corrected chi connectivity index (χ3v) is 5.55. The van der Waals surface area contributed by atoms with Crippen molar-refractivity contribution in [3.05, 3.63) is 59.7 Å². The number of hydrogen-bond acceptors (Lipinski definition) is 2. The van der Waals surface area contributed by atoms with Crippen molar-refractivity contribution in [3.8, 4) is 11.3 Å². The molecule has 0 N–H and O–H groups in total. The molecule has 2 heterocycles. The third kappa shape index (κ3) is 3.06. The highest BCUT2D eigenvalue weighted by Gasteiger charge is 2.25. The Morgan fingerprint density at radius 1 is 0.769 bits per heavy atom. The number of piperidine rings is 1. The average Bonchev–Trinajstić information content (AvgIpc) is 2.67. The summed E-state index contributed by atoms with van der Waals surface area (Å²) in [6, 6.07) is 17.5. The van der Waals surface area contributed by atoms with Crippen molar-refractivity contribution in [1.29, 1.82) is 0 Å². The van der Waals surface area contributed by atoms with E-state index in [-0.39, 0.29) is 24.8 Å². The molecule has 26 heavy (non-hydrogen) atoms. The molecule has 136 valence electrons. The first kappa shape index (κ1) is 19.0. The molecular weight excluding hydrogens is 363 g/mol. The number of pyridine rings is 1. The van der Waals surface area contributed by atoms with E-state index in [1.165, 1.54) is 65.8 Å². The van der Waals surface area contributed by atoms with E-state index in [1.54, 1.807) is 0 Å². The second-order valence-electron chi connectivity index (χ2n) is 7.01. The standard InChI is InChI=1S/C22H22N2.2ClH/c1-6-14-24(15-7-1)22-18-10-4-5-11-20(18)23-21-17-9-3-2-8-16(17)12-13-19(21)22;;/h2-5,8-11H,1,6-7,12-15H2;2*1H. The molecule has 0 amide bonds. The molecule has 0 radical (unpaired) electrons. The average molecular weight is 387 g/mol. The first-order valence-electron chi connectivity index (χ1n) is 9.17. The Morgan fingerprint density at radius 3 is 2.35 bits per heavy atom. The van der Waals surface area contributed by atoms with Gasteiger partial charge in [0.15, 0.2) is 0 Å². The molecule has 1 fully saturated rings. The topological polar surface area (TPSA) is 16.1 Å². The van der Waals surface area contributed by atoms with Crippen molar-refractivity contribution in [1.82, 2.24) is 4.98 Å². The van der Waals surface area contributed by atoms with Crippen molar-refractivity contribution >= 4 is 41.4 Å². The number of aromatic nitrogens is 1. The van der Waals surface area contributed by atoms with Gasteiger partial charge >= 0.3 is 0 Å².